The number of H-pyrrole nitrogens is 1. The van der Waals surface area contributed by atoms with Crippen molar-refractivity contribution < 1.29 is 9.53 Å². The van der Waals surface area contributed by atoms with E-state index in [4.69, 9.17) is 4.74 Å². The van der Waals surface area contributed by atoms with Gasteiger partial charge in [0.25, 0.3) is 0 Å². The molecular formula is C14H17N3O2. The molecule has 19 heavy (non-hydrogen) atoms. The number of amides is 1. The highest BCUT2D eigenvalue weighted by molar-refractivity contribution is 5.75. The van der Waals surface area contributed by atoms with Crippen molar-refractivity contribution in [3.05, 3.63) is 48.5 Å². The van der Waals surface area contributed by atoms with E-state index in [1.54, 1.807) is 12.5 Å². The average Bonchev–Trinajstić information content (AvgIpc) is 2.96. The molecule has 2 aromatic rings. The van der Waals surface area contributed by atoms with E-state index in [1.165, 1.54) is 0 Å². The first kappa shape index (κ1) is 13.1. The van der Waals surface area contributed by atoms with Crippen LogP contribution in [0, 0.1) is 0 Å². The van der Waals surface area contributed by atoms with Crippen LogP contribution in [0.3, 0.4) is 0 Å². The zero-order valence-corrected chi connectivity index (χ0v) is 10.6. The topological polar surface area (TPSA) is 67.0 Å². The van der Waals surface area contributed by atoms with Crippen molar-refractivity contribution in [3.8, 4) is 5.75 Å². The third-order valence-corrected chi connectivity index (χ3v) is 2.59. The number of nitrogens with one attached hydrogen (secondary N) is 2. The fraction of sp³-hybridized carbons (Fsp3) is 0.286. The number of imidazole rings is 1. The smallest absolute Gasteiger partial charge is 0.220 e. The lowest BCUT2D eigenvalue weighted by atomic mass is 10.3. The van der Waals surface area contributed by atoms with Crippen LogP contribution in [0.5, 0.6) is 5.75 Å². The Kier molecular flexibility index (Phi) is 4.98. The molecule has 0 saturated heterocycles. The largest absolute Gasteiger partial charge is 0.494 e. The molecule has 0 aliphatic heterocycles. The lowest BCUT2D eigenvalue weighted by Gasteiger charge is -2.06. The van der Waals surface area contributed by atoms with Gasteiger partial charge in [0.2, 0.25) is 5.91 Å². The summed E-state index contributed by atoms with van der Waals surface area (Å²) in [5, 5.41) is 2.82. The molecule has 0 saturated carbocycles. The summed E-state index contributed by atoms with van der Waals surface area (Å²) in [4.78, 5) is 18.4. The van der Waals surface area contributed by atoms with Gasteiger partial charge in [-0.2, -0.15) is 0 Å². The molecule has 0 bridgehead atoms. The number of para-hydroxylation sites is 1. The number of carbonyl (C=O) groups is 1. The highest BCUT2D eigenvalue weighted by Gasteiger charge is 2.02. The molecule has 5 nitrogen and oxygen atoms in total. The van der Waals surface area contributed by atoms with Crippen LogP contribution in [0.2, 0.25) is 0 Å². The van der Waals surface area contributed by atoms with E-state index in [9.17, 15) is 4.79 Å². The van der Waals surface area contributed by atoms with Crippen LogP contribution in [0.4, 0.5) is 0 Å². The highest BCUT2D eigenvalue weighted by Crippen LogP contribution is 2.08. The van der Waals surface area contributed by atoms with E-state index in [0.717, 1.165) is 11.4 Å². The Morgan fingerprint density at radius 3 is 2.89 bits per heavy atom. The first-order valence-electron chi connectivity index (χ1n) is 6.26. The zero-order valence-electron chi connectivity index (χ0n) is 10.6. The van der Waals surface area contributed by atoms with Gasteiger partial charge in [-0.1, -0.05) is 18.2 Å². The van der Waals surface area contributed by atoms with Gasteiger partial charge in [0.05, 0.1) is 25.2 Å². The van der Waals surface area contributed by atoms with E-state index in [2.05, 4.69) is 15.3 Å². The standard InChI is InChI=1S/C14H17N3O2/c18-14(16-10-12-9-15-11-17-12)7-4-8-19-13-5-2-1-3-6-13/h1-3,5-6,9,11H,4,7-8,10H2,(H,15,17)(H,16,18). The summed E-state index contributed by atoms with van der Waals surface area (Å²) in [5.74, 6) is 0.853. The van der Waals surface area contributed by atoms with Gasteiger partial charge in [-0.25, -0.2) is 4.98 Å². The molecule has 0 radical (unpaired) electrons. The minimum atomic E-state index is 0.0197. The van der Waals surface area contributed by atoms with Crippen molar-refractivity contribution in [1.29, 1.82) is 0 Å². The minimum Gasteiger partial charge on any atom is -0.494 e. The Hall–Kier alpha value is -2.30. The summed E-state index contributed by atoms with van der Waals surface area (Å²) < 4.78 is 5.51. The Morgan fingerprint density at radius 1 is 1.32 bits per heavy atom. The second kappa shape index (κ2) is 7.20. The Morgan fingerprint density at radius 2 is 2.16 bits per heavy atom. The Balaban J connectivity index is 1.57. The second-order valence-corrected chi connectivity index (χ2v) is 4.12. The number of hydrogen-bond acceptors (Lipinski definition) is 3. The van der Waals surface area contributed by atoms with E-state index in [1.807, 2.05) is 30.3 Å². The number of rotatable bonds is 7. The Labute approximate surface area is 112 Å². The number of nitrogens with zero attached hydrogens (tertiary/aromatic N) is 1. The molecule has 1 aromatic heterocycles. The van der Waals surface area contributed by atoms with E-state index in [-0.39, 0.29) is 5.91 Å². The summed E-state index contributed by atoms with van der Waals surface area (Å²) in [6.45, 7) is 1.03. The van der Waals surface area contributed by atoms with Crippen molar-refractivity contribution in [3.63, 3.8) is 0 Å². The predicted octanol–water partition coefficient (Wildman–Crippen LogP) is 1.89. The van der Waals surface area contributed by atoms with Crippen molar-refractivity contribution >= 4 is 5.91 Å². The lowest BCUT2D eigenvalue weighted by Crippen LogP contribution is -2.23. The van der Waals surface area contributed by atoms with Gasteiger partial charge < -0.3 is 15.0 Å². The summed E-state index contributed by atoms with van der Waals surface area (Å²) in [5.41, 5.74) is 0.897. The van der Waals surface area contributed by atoms with Crippen molar-refractivity contribution in [1.82, 2.24) is 15.3 Å². The molecule has 100 valence electrons. The first-order valence-corrected chi connectivity index (χ1v) is 6.26. The molecular weight excluding hydrogens is 242 g/mol. The zero-order chi connectivity index (χ0) is 13.3. The summed E-state index contributed by atoms with van der Waals surface area (Å²) in [6, 6.07) is 9.59. The fourth-order valence-electron chi connectivity index (χ4n) is 1.60. The monoisotopic (exact) mass is 259 g/mol. The maximum atomic E-state index is 11.5. The third kappa shape index (κ3) is 4.83. The number of aromatic amines is 1. The molecule has 0 atom stereocenters. The lowest BCUT2D eigenvalue weighted by molar-refractivity contribution is -0.121. The minimum absolute atomic E-state index is 0.0197. The van der Waals surface area contributed by atoms with Gasteiger partial charge in [-0.05, 0) is 18.6 Å². The quantitative estimate of drug-likeness (QED) is 0.746. The normalized spacial score (nSPS) is 10.1. The van der Waals surface area contributed by atoms with Crippen LogP contribution >= 0.6 is 0 Å². The van der Waals surface area contributed by atoms with Gasteiger partial charge in [0.1, 0.15) is 5.75 Å². The van der Waals surface area contributed by atoms with Gasteiger partial charge in [0, 0.05) is 12.6 Å². The van der Waals surface area contributed by atoms with Crippen LogP contribution in [-0.4, -0.2) is 22.5 Å². The molecule has 0 spiro atoms. The van der Waals surface area contributed by atoms with E-state index < -0.39 is 0 Å². The summed E-state index contributed by atoms with van der Waals surface area (Å²) in [6.07, 6.45) is 4.44. The third-order valence-electron chi connectivity index (χ3n) is 2.59. The van der Waals surface area contributed by atoms with Crippen LogP contribution in [0.1, 0.15) is 18.5 Å². The SMILES string of the molecule is O=C(CCCOc1ccccc1)NCc1cnc[nH]1. The molecule has 0 aliphatic carbocycles. The van der Waals surface area contributed by atoms with Gasteiger partial charge in [0.15, 0.2) is 0 Å². The van der Waals surface area contributed by atoms with Crippen LogP contribution in [0.25, 0.3) is 0 Å². The molecule has 1 aromatic carbocycles. The predicted molar refractivity (Wildman–Crippen MR) is 71.6 cm³/mol. The molecule has 2 N–H and O–H groups in total. The van der Waals surface area contributed by atoms with Crippen molar-refractivity contribution in [2.45, 2.75) is 19.4 Å². The van der Waals surface area contributed by atoms with Gasteiger partial charge >= 0.3 is 0 Å². The van der Waals surface area contributed by atoms with E-state index in [0.29, 0.717) is 26.0 Å². The molecule has 0 aliphatic rings. The van der Waals surface area contributed by atoms with Crippen molar-refractivity contribution in [2.24, 2.45) is 0 Å². The molecule has 0 fully saturated rings. The number of hydrogen-bond donors (Lipinski definition) is 2. The molecule has 0 unspecified atom stereocenters. The second-order valence-electron chi connectivity index (χ2n) is 4.12. The number of ether oxygens (including phenoxy) is 1. The maximum absolute atomic E-state index is 11.5. The average molecular weight is 259 g/mol. The molecule has 5 heteroatoms. The molecule has 1 amide bonds. The van der Waals surface area contributed by atoms with E-state index >= 15 is 0 Å². The van der Waals surface area contributed by atoms with Crippen LogP contribution in [-0.2, 0) is 11.3 Å². The number of aromatic nitrogens is 2. The number of carbonyl (C=O) groups excluding carboxylic acids is 1. The van der Waals surface area contributed by atoms with Crippen LogP contribution in [0.15, 0.2) is 42.9 Å². The fourth-order valence-corrected chi connectivity index (χ4v) is 1.60. The molecule has 1 heterocycles. The summed E-state index contributed by atoms with van der Waals surface area (Å²) >= 11 is 0. The highest BCUT2D eigenvalue weighted by atomic mass is 16.5. The molecule has 2 rings (SSSR count). The van der Waals surface area contributed by atoms with Gasteiger partial charge in [-0.15, -0.1) is 0 Å². The Bertz CT molecular complexity index is 483. The van der Waals surface area contributed by atoms with Crippen molar-refractivity contribution in [2.75, 3.05) is 6.61 Å². The first-order chi connectivity index (χ1) is 9.34. The van der Waals surface area contributed by atoms with Gasteiger partial charge in [-0.3, -0.25) is 4.79 Å². The van der Waals surface area contributed by atoms with Crippen LogP contribution < -0.4 is 10.1 Å². The summed E-state index contributed by atoms with van der Waals surface area (Å²) in [7, 11) is 0. The maximum Gasteiger partial charge on any atom is 0.220 e. The number of benzene rings is 1.